The van der Waals surface area contributed by atoms with Gasteiger partial charge in [-0.15, -0.1) is 11.3 Å². The molecule has 0 aliphatic carbocycles. The normalized spacial score (nSPS) is 17.4. The second kappa shape index (κ2) is 8.31. The van der Waals surface area contributed by atoms with Crippen LogP contribution >= 0.6 is 11.3 Å². The van der Waals surface area contributed by atoms with Crippen molar-refractivity contribution in [3.63, 3.8) is 0 Å². The van der Waals surface area contributed by atoms with Crippen LogP contribution < -0.4 is 10.6 Å². The fourth-order valence-electron chi connectivity index (χ4n) is 3.37. The molecular weight excluding hydrogens is 414 g/mol. The quantitative estimate of drug-likeness (QED) is 0.598. The van der Waals surface area contributed by atoms with Crippen LogP contribution in [0.25, 0.3) is 11.3 Å². The second-order valence-electron chi connectivity index (χ2n) is 7.55. The number of benzene rings is 2. The van der Waals surface area contributed by atoms with Crippen LogP contribution in [0.1, 0.15) is 35.3 Å². The standard InChI is InChI=1S/C23H21N3O4S/c1-14(27)24-12-15-7-9-16(10-8-15)19-13-31-22(25-19)26-21(29)23(2)11-17-5-3-4-6-18(17)20(28)30-23/h3-10,13H,11-12H2,1-2H3,(H,24,27)(H,25,26,29)/t23-/m1/s1. The lowest BCUT2D eigenvalue weighted by Crippen LogP contribution is -2.48. The van der Waals surface area contributed by atoms with Crippen molar-refractivity contribution in [2.75, 3.05) is 5.32 Å². The summed E-state index contributed by atoms with van der Waals surface area (Å²) in [5, 5.41) is 7.82. The van der Waals surface area contributed by atoms with Crippen LogP contribution in [-0.4, -0.2) is 28.4 Å². The van der Waals surface area contributed by atoms with Crippen molar-refractivity contribution < 1.29 is 19.1 Å². The lowest BCUT2D eigenvalue weighted by atomic mass is 9.89. The van der Waals surface area contributed by atoms with Gasteiger partial charge in [0.15, 0.2) is 10.7 Å². The van der Waals surface area contributed by atoms with E-state index in [4.69, 9.17) is 4.74 Å². The van der Waals surface area contributed by atoms with Gasteiger partial charge >= 0.3 is 5.97 Å². The van der Waals surface area contributed by atoms with Crippen molar-refractivity contribution in [3.05, 3.63) is 70.6 Å². The first-order chi connectivity index (χ1) is 14.8. The number of hydrogen-bond acceptors (Lipinski definition) is 6. The van der Waals surface area contributed by atoms with Gasteiger partial charge in [-0.05, 0) is 24.1 Å². The van der Waals surface area contributed by atoms with Crippen molar-refractivity contribution in [3.8, 4) is 11.3 Å². The van der Waals surface area contributed by atoms with Crippen LogP contribution in [-0.2, 0) is 27.3 Å². The molecule has 8 heteroatoms. The molecule has 2 heterocycles. The molecule has 0 fully saturated rings. The Hall–Kier alpha value is -3.52. The molecule has 2 N–H and O–H groups in total. The summed E-state index contributed by atoms with van der Waals surface area (Å²) >= 11 is 1.30. The fraction of sp³-hybridized carbons (Fsp3) is 0.217. The number of esters is 1. The lowest BCUT2D eigenvalue weighted by Gasteiger charge is -2.32. The summed E-state index contributed by atoms with van der Waals surface area (Å²) in [6.45, 7) is 3.56. The highest BCUT2D eigenvalue weighted by Crippen LogP contribution is 2.31. The molecule has 31 heavy (non-hydrogen) atoms. The maximum Gasteiger partial charge on any atom is 0.339 e. The van der Waals surface area contributed by atoms with Crippen molar-refractivity contribution in [1.29, 1.82) is 0 Å². The number of thiazole rings is 1. The number of carbonyl (C=O) groups is 3. The Bertz CT molecular complexity index is 1160. The predicted octanol–water partition coefficient (Wildman–Crippen LogP) is 3.56. The first-order valence-electron chi connectivity index (χ1n) is 9.76. The largest absolute Gasteiger partial charge is 0.445 e. The molecule has 0 radical (unpaired) electrons. The number of ether oxygens (including phenoxy) is 1. The molecule has 1 atom stereocenters. The number of amides is 2. The van der Waals surface area contributed by atoms with Gasteiger partial charge in [0.2, 0.25) is 5.91 Å². The van der Waals surface area contributed by atoms with E-state index in [1.807, 2.05) is 41.8 Å². The van der Waals surface area contributed by atoms with Gasteiger partial charge in [0, 0.05) is 30.8 Å². The van der Waals surface area contributed by atoms with Gasteiger partial charge in [0.1, 0.15) is 0 Å². The minimum atomic E-state index is -1.30. The molecular formula is C23H21N3O4S. The van der Waals surface area contributed by atoms with Crippen LogP contribution in [0.3, 0.4) is 0 Å². The van der Waals surface area contributed by atoms with E-state index in [0.717, 1.165) is 22.4 Å². The maximum absolute atomic E-state index is 12.9. The van der Waals surface area contributed by atoms with E-state index < -0.39 is 17.5 Å². The molecule has 7 nitrogen and oxygen atoms in total. The molecule has 1 aromatic heterocycles. The highest BCUT2D eigenvalue weighted by Gasteiger charge is 2.42. The number of rotatable bonds is 5. The van der Waals surface area contributed by atoms with E-state index in [2.05, 4.69) is 15.6 Å². The average Bonchev–Trinajstić information content (AvgIpc) is 3.21. The Balaban J connectivity index is 1.45. The molecule has 2 aromatic carbocycles. The molecule has 2 amide bonds. The predicted molar refractivity (Wildman–Crippen MR) is 118 cm³/mol. The number of anilines is 1. The van der Waals surface area contributed by atoms with Crippen molar-refractivity contribution in [2.45, 2.75) is 32.4 Å². The van der Waals surface area contributed by atoms with Crippen molar-refractivity contribution >= 4 is 34.3 Å². The molecule has 3 aromatic rings. The molecule has 0 unspecified atom stereocenters. The third-order valence-electron chi connectivity index (χ3n) is 5.08. The smallest absolute Gasteiger partial charge is 0.339 e. The Morgan fingerprint density at radius 2 is 1.90 bits per heavy atom. The summed E-state index contributed by atoms with van der Waals surface area (Å²) in [7, 11) is 0. The van der Waals surface area contributed by atoms with E-state index in [9.17, 15) is 14.4 Å². The van der Waals surface area contributed by atoms with Gasteiger partial charge in [-0.25, -0.2) is 9.78 Å². The number of nitrogens with zero attached hydrogens (tertiary/aromatic N) is 1. The fourth-order valence-corrected chi connectivity index (χ4v) is 4.09. The monoisotopic (exact) mass is 435 g/mol. The average molecular weight is 436 g/mol. The zero-order valence-corrected chi connectivity index (χ0v) is 17.9. The van der Waals surface area contributed by atoms with Crippen LogP contribution in [0.2, 0.25) is 0 Å². The van der Waals surface area contributed by atoms with Crippen LogP contribution in [0.4, 0.5) is 5.13 Å². The number of hydrogen-bond donors (Lipinski definition) is 2. The lowest BCUT2D eigenvalue weighted by molar-refractivity contribution is -0.134. The summed E-state index contributed by atoms with van der Waals surface area (Å²) in [4.78, 5) is 40.7. The minimum Gasteiger partial charge on any atom is -0.445 e. The Morgan fingerprint density at radius 1 is 1.16 bits per heavy atom. The molecule has 0 spiro atoms. The summed E-state index contributed by atoms with van der Waals surface area (Å²) < 4.78 is 5.47. The molecule has 4 rings (SSSR count). The van der Waals surface area contributed by atoms with Gasteiger partial charge in [0.25, 0.3) is 5.91 Å². The van der Waals surface area contributed by atoms with E-state index in [1.54, 1.807) is 19.1 Å². The number of cyclic esters (lactones) is 1. The summed E-state index contributed by atoms with van der Waals surface area (Å²) in [6.07, 6.45) is 0.300. The third kappa shape index (κ3) is 4.49. The van der Waals surface area contributed by atoms with Gasteiger partial charge in [0.05, 0.1) is 11.3 Å². The summed E-state index contributed by atoms with van der Waals surface area (Å²) in [5.41, 5.74) is 2.58. The second-order valence-corrected chi connectivity index (χ2v) is 8.41. The van der Waals surface area contributed by atoms with Crippen molar-refractivity contribution in [2.24, 2.45) is 0 Å². The number of fused-ring (bicyclic) bond motifs is 1. The van der Waals surface area contributed by atoms with E-state index in [0.29, 0.717) is 23.7 Å². The topological polar surface area (TPSA) is 97.4 Å². The number of carbonyl (C=O) groups excluding carboxylic acids is 3. The first kappa shape index (κ1) is 20.7. The molecule has 0 saturated carbocycles. The zero-order valence-electron chi connectivity index (χ0n) is 17.1. The van der Waals surface area contributed by atoms with E-state index >= 15 is 0 Å². The molecule has 1 aliphatic rings. The molecule has 158 valence electrons. The number of aromatic nitrogens is 1. The minimum absolute atomic E-state index is 0.0789. The molecule has 0 saturated heterocycles. The van der Waals surface area contributed by atoms with Crippen LogP contribution in [0.15, 0.2) is 53.9 Å². The molecule has 1 aliphatic heterocycles. The highest BCUT2D eigenvalue weighted by atomic mass is 32.1. The maximum atomic E-state index is 12.9. The van der Waals surface area contributed by atoms with E-state index in [-0.39, 0.29) is 5.91 Å². The van der Waals surface area contributed by atoms with Gasteiger partial charge in [-0.1, -0.05) is 42.5 Å². The zero-order chi connectivity index (χ0) is 22.0. The van der Waals surface area contributed by atoms with Crippen LogP contribution in [0, 0.1) is 0 Å². The SMILES string of the molecule is CC(=O)NCc1ccc(-c2csc(NC(=O)[C@@]3(C)Cc4ccccc4C(=O)O3)n2)cc1. The van der Waals surface area contributed by atoms with Crippen molar-refractivity contribution in [1.82, 2.24) is 10.3 Å². The van der Waals surface area contributed by atoms with E-state index in [1.165, 1.54) is 18.3 Å². The summed E-state index contributed by atoms with van der Waals surface area (Å²) in [5.74, 6) is -0.995. The molecule has 0 bridgehead atoms. The third-order valence-corrected chi connectivity index (χ3v) is 5.84. The van der Waals surface area contributed by atoms with Gasteiger partial charge < -0.3 is 10.1 Å². The Kier molecular flexibility index (Phi) is 5.56. The Labute approximate surface area is 183 Å². The van der Waals surface area contributed by atoms with Crippen LogP contribution in [0.5, 0.6) is 0 Å². The summed E-state index contributed by atoms with van der Waals surface area (Å²) in [6, 6.07) is 14.8. The number of nitrogens with one attached hydrogen (secondary N) is 2. The first-order valence-corrected chi connectivity index (χ1v) is 10.6. The Morgan fingerprint density at radius 3 is 2.65 bits per heavy atom. The highest BCUT2D eigenvalue weighted by molar-refractivity contribution is 7.14. The van der Waals surface area contributed by atoms with Gasteiger partial charge in [-0.2, -0.15) is 0 Å². The van der Waals surface area contributed by atoms with Gasteiger partial charge in [-0.3, -0.25) is 14.9 Å².